The number of rotatable bonds is 0. The van der Waals surface area contributed by atoms with E-state index in [9.17, 15) is 4.79 Å². The Labute approximate surface area is 124 Å². The third-order valence-electron chi connectivity index (χ3n) is 3.59. The number of hydrogen-bond donors (Lipinski definition) is 0. The predicted molar refractivity (Wildman–Crippen MR) is 85.0 cm³/mol. The summed E-state index contributed by atoms with van der Waals surface area (Å²) in [4.78, 5) is 16.8. The van der Waals surface area contributed by atoms with Crippen LogP contribution in [-0.4, -0.2) is 4.98 Å². The molecule has 0 aliphatic heterocycles. The summed E-state index contributed by atoms with van der Waals surface area (Å²) in [6, 6.07) is 12.9. The first-order valence-electron chi connectivity index (χ1n) is 6.55. The monoisotopic (exact) mass is 295 g/mol. The van der Waals surface area contributed by atoms with Gasteiger partial charge in [-0.2, -0.15) is 0 Å². The first-order valence-corrected chi connectivity index (χ1v) is 6.93. The minimum atomic E-state index is -0.379. The maximum Gasteiger partial charge on any atom is 0.345 e. The van der Waals surface area contributed by atoms with Crippen molar-refractivity contribution in [2.24, 2.45) is 0 Å². The predicted octanol–water partition coefficient (Wildman–Crippen LogP) is 4.46. The number of aromatic nitrogens is 1. The largest absolute Gasteiger partial charge is 0.422 e. The van der Waals surface area contributed by atoms with E-state index in [1.807, 2.05) is 25.1 Å². The molecule has 2 aromatic carbocycles. The van der Waals surface area contributed by atoms with Crippen molar-refractivity contribution in [3.63, 3.8) is 0 Å². The zero-order valence-electron chi connectivity index (χ0n) is 11.2. The minimum absolute atomic E-state index is 0.379. The highest BCUT2D eigenvalue weighted by molar-refractivity contribution is 6.31. The molecular weight excluding hydrogens is 286 g/mol. The number of halogens is 1. The fraction of sp³-hybridized carbons (Fsp3) is 0.0588. The molecule has 0 amide bonds. The van der Waals surface area contributed by atoms with Gasteiger partial charge in [-0.15, -0.1) is 0 Å². The Balaban J connectivity index is 2.28. The standard InChI is InChI=1S/C17H10ClNO2/c1-9-2-5-15-12(6-9)16-13(17(20)21-15)8-10-7-11(18)3-4-14(10)19-16/h2-8H,1H3. The van der Waals surface area contributed by atoms with Crippen LogP contribution in [0.25, 0.3) is 32.8 Å². The van der Waals surface area contributed by atoms with Crippen molar-refractivity contribution < 1.29 is 4.42 Å². The maximum absolute atomic E-state index is 12.2. The van der Waals surface area contributed by atoms with E-state index < -0.39 is 0 Å². The van der Waals surface area contributed by atoms with Gasteiger partial charge in [0.2, 0.25) is 0 Å². The van der Waals surface area contributed by atoms with Crippen molar-refractivity contribution in [3.05, 3.63) is 63.5 Å². The SMILES string of the molecule is Cc1ccc2oc(=O)c3cc4cc(Cl)ccc4nc3c2c1. The molecule has 102 valence electrons. The normalized spacial score (nSPS) is 11.5. The Hall–Kier alpha value is -2.39. The highest BCUT2D eigenvalue weighted by atomic mass is 35.5. The summed E-state index contributed by atoms with van der Waals surface area (Å²) >= 11 is 6.00. The average molecular weight is 296 g/mol. The van der Waals surface area contributed by atoms with E-state index in [0.29, 0.717) is 21.5 Å². The molecule has 3 nitrogen and oxygen atoms in total. The van der Waals surface area contributed by atoms with E-state index in [2.05, 4.69) is 4.98 Å². The van der Waals surface area contributed by atoms with Gasteiger partial charge in [0.25, 0.3) is 0 Å². The lowest BCUT2D eigenvalue weighted by Crippen LogP contribution is -2.01. The molecule has 4 aromatic rings. The maximum atomic E-state index is 12.2. The Morgan fingerprint density at radius 3 is 2.76 bits per heavy atom. The quantitative estimate of drug-likeness (QED) is 0.273. The molecule has 0 spiro atoms. The lowest BCUT2D eigenvalue weighted by molar-refractivity contribution is 0.569. The third-order valence-corrected chi connectivity index (χ3v) is 3.82. The molecular formula is C17H10ClNO2. The summed E-state index contributed by atoms with van der Waals surface area (Å²) in [6.45, 7) is 2.00. The molecule has 0 unspecified atom stereocenters. The average Bonchev–Trinajstić information content (AvgIpc) is 2.47. The van der Waals surface area contributed by atoms with E-state index in [4.69, 9.17) is 16.0 Å². The lowest BCUT2D eigenvalue weighted by Gasteiger charge is -2.05. The second-order valence-corrected chi connectivity index (χ2v) is 5.55. The Bertz CT molecular complexity index is 1080. The highest BCUT2D eigenvalue weighted by Crippen LogP contribution is 2.26. The van der Waals surface area contributed by atoms with Gasteiger partial charge < -0.3 is 4.42 Å². The fourth-order valence-electron chi connectivity index (χ4n) is 2.58. The molecule has 4 rings (SSSR count). The van der Waals surface area contributed by atoms with Crippen LogP contribution in [0.1, 0.15) is 5.56 Å². The molecule has 0 fully saturated rings. The van der Waals surface area contributed by atoms with Gasteiger partial charge in [-0.3, -0.25) is 0 Å². The van der Waals surface area contributed by atoms with Crippen LogP contribution in [0.4, 0.5) is 0 Å². The highest BCUT2D eigenvalue weighted by Gasteiger charge is 2.10. The van der Waals surface area contributed by atoms with Gasteiger partial charge in [0, 0.05) is 15.8 Å². The van der Waals surface area contributed by atoms with Gasteiger partial charge in [0.05, 0.1) is 16.4 Å². The van der Waals surface area contributed by atoms with Crippen LogP contribution in [0, 0.1) is 6.92 Å². The summed E-state index contributed by atoms with van der Waals surface area (Å²) in [5.41, 5.74) is 2.74. The molecule has 0 saturated heterocycles. The molecule has 4 heteroatoms. The summed E-state index contributed by atoms with van der Waals surface area (Å²) in [7, 11) is 0. The van der Waals surface area contributed by atoms with Crippen LogP contribution < -0.4 is 5.63 Å². The molecule has 0 aliphatic rings. The molecule has 0 aliphatic carbocycles. The van der Waals surface area contributed by atoms with E-state index in [0.717, 1.165) is 21.9 Å². The molecule has 21 heavy (non-hydrogen) atoms. The van der Waals surface area contributed by atoms with E-state index >= 15 is 0 Å². The zero-order chi connectivity index (χ0) is 14.6. The third kappa shape index (κ3) is 1.89. The minimum Gasteiger partial charge on any atom is -0.422 e. The van der Waals surface area contributed by atoms with Crippen LogP contribution >= 0.6 is 11.6 Å². The first kappa shape index (κ1) is 12.4. The van der Waals surface area contributed by atoms with Crippen LogP contribution in [-0.2, 0) is 0 Å². The summed E-state index contributed by atoms with van der Waals surface area (Å²) < 4.78 is 5.38. The van der Waals surface area contributed by atoms with E-state index in [-0.39, 0.29) is 5.63 Å². The second kappa shape index (κ2) is 4.30. The van der Waals surface area contributed by atoms with Crippen molar-refractivity contribution in [3.8, 4) is 0 Å². The molecule has 0 radical (unpaired) electrons. The second-order valence-electron chi connectivity index (χ2n) is 5.11. The lowest BCUT2D eigenvalue weighted by atomic mass is 10.1. The van der Waals surface area contributed by atoms with Gasteiger partial charge in [0.1, 0.15) is 5.58 Å². The van der Waals surface area contributed by atoms with Gasteiger partial charge in [-0.05, 0) is 43.3 Å². The topological polar surface area (TPSA) is 43.1 Å². The van der Waals surface area contributed by atoms with Gasteiger partial charge in [0.15, 0.2) is 0 Å². The fourth-order valence-corrected chi connectivity index (χ4v) is 2.76. The number of hydrogen-bond acceptors (Lipinski definition) is 3. The smallest absolute Gasteiger partial charge is 0.345 e. The Morgan fingerprint density at radius 1 is 1.05 bits per heavy atom. The molecule has 2 heterocycles. The molecule has 0 saturated carbocycles. The number of aryl methyl sites for hydroxylation is 1. The summed E-state index contributed by atoms with van der Waals surface area (Å²) in [5.74, 6) is 0. The molecule has 0 bridgehead atoms. The summed E-state index contributed by atoms with van der Waals surface area (Å²) in [5, 5.41) is 2.77. The number of fused-ring (bicyclic) bond motifs is 4. The van der Waals surface area contributed by atoms with Gasteiger partial charge in [-0.1, -0.05) is 23.2 Å². The van der Waals surface area contributed by atoms with Crippen molar-refractivity contribution in [2.45, 2.75) is 6.92 Å². The van der Waals surface area contributed by atoms with Gasteiger partial charge >= 0.3 is 5.63 Å². The van der Waals surface area contributed by atoms with Crippen molar-refractivity contribution in [1.29, 1.82) is 0 Å². The van der Waals surface area contributed by atoms with Crippen molar-refractivity contribution in [1.82, 2.24) is 4.98 Å². The molecule has 2 aromatic heterocycles. The van der Waals surface area contributed by atoms with Gasteiger partial charge in [-0.25, -0.2) is 9.78 Å². The number of benzene rings is 2. The van der Waals surface area contributed by atoms with Crippen LogP contribution in [0.5, 0.6) is 0 Å². The molecule has 0 atom stereocenters. The van der Waals surface area contributed by atoms with E-state index in [1.54, 1.807) is 24.3 Å². The van der Waals surface area contributed by atoms with Crippen LogP contribution in [0.2, 0.25) is 5.02 Å². The van der Waals surface area contributed by atoms with Crippen LogP contribution in [0.3, 0.4) is 0 Å². The Kier molecular flexibility index (Phi) is 2.53. The molecule has 0 N–H and O–H groups in total. The van der Waals surface area contributed by atoms with Crippen molar-refractivity contribution >= 4 is 44.4 Å². The number of nitrogens with zero attached hydrogens (tertiary/aromatic N) is 1. The summed E-state index contributed by atoms with van der Waals surface area (Å²) in [6.07, 6.45) is 0. The van der Waals surface area contributed by atoms with E-state index in [1.165, 1.54) is 0 Å². The number of pyridine rings is 1. The van der Waals surface area contributed by atoms with Crippen molar-refractivity contribution in [2.75, 3.05) is 0 Å². The van der Waals surface area contributed by atoms with Crippen LogP contribution in [0.15, 0.2) is 51.7 Å². The first-order chi connectivity index (χ1) is 10.1. The zero-order valence-corrected chi connectivity index (χ0v) is 11.9. The Morgan fingerprint density at radius 2 is 1.90 bits per heavy atom.